The third kappa shape index (κ3) is 5.01. The fourth-order valence-electron chi connectivity index (χ4n) is 2.82. The van der Waals surface area contributed by atoms with Gasteiger partial charge in [0.25, 0.3) is 0 Å². The van der Waals surface area contributed by atoms with E-state index in [0.717, 1.165) is 16.8 Å². The normalized spacial score (nSPS) is 11.5. The zero-order valence-electron chi connectivity index (χ0n) is 16.9. The van der Waals surface area contributed by atoms with Gasteiger partial charge in [-0.2, -0.15) is 0 Å². The lowest BCUT2D eigenvalue weighted by atomic mass is 10.1. The van der Waals surface area contributed by atoms with Crippen LogP contribution in [0.1, 0.15) is 22.7 Å². The number of nitrogens with zero attached hydrogens (tertiary/aromatic N) is 1. The van der Waals surface area contributed by atoms with Crippen molar-refractivity contribution < 1.29 is 19.4 Å². The molecule has 0 aliphatic rings. The van der Waals surface area contributed by atoms with E-state index in [-0.39, 0.29) is 6.61 Å². The highest BCUT2D eigenvalue weighted by atomic mass is 16.5. The van der Waals surface area contributed by atoms with Crippen molar-refractivity contribution in [2.45, 2.75) is 19.9 Å². The molecule has 2 aromatic rings. The number of aliphatic hydroxyl groups excluding tert-OH is 1. The molecule has 0 radical (unpaired) electrons. The predicted octanol–water partition coefficient (Wildman–Crippen LogP) is 2.17. The lowest BCUT2D eigenvalue weighted by molar-refractivity contribution is -0.136. The summed E-state index contributed by atoms with van der Waals surface area (Å²) in [6.07, 6.45) is 0. The Morgan fingerprint density at radius 1 is 1.14 bits per heavy atom. The number of hydrogen-bond acceptors (Lipinski definition) is 5. The maximum Gasteiger partial charge on any atom is 0.313 e. The van der Waals surface area contributed by atoms with Gasteiger partial charge in [0.2, 0.25) is 0 Å². The molecule has 0 spiro atoms. The van der Waals surface area contributed by atoms with Crippen molar-refractivity contribution in [2.24, 2.45) is 0 Å². The zero-order valence-corrected chi connectivity index (χ0v) is 16.9. The first-order chi connectivity index (χ1) is 13.3. The molecule has 0 aliphatic heterocycles. The summed E-state index contributed by atoms with van der Waals surface area (Å²) in [5.74, 6) is -1.00. The first-order valence-electron chi connectivity index (χ1n) is 8.92. The maximum atomic E-state index is 12.4. The Bertz CT molecular complexity index is 865. The van der Waals surface area contributed by atoms with E-state index in [4.69, 9.17) is 4.74 Å². The van der Waals surface area contributed by atoms with Gasteiger partial charge in [-0.1, -0.05) is 12.1 Å². The average molecular weight is 385 g/mol. The van der Waals surface area contributed by atoms with Gasteiger partial charge in [0.15, 0.2) is 0 Å². The van der Waals surface area contributed by atoms with Gasteiger partial charge in [0.05, 0.1) is 19.8 Å². The van der Waals surface area contributed by atoms with Crippen molar-refractivity contribution in [1.82, 2.24) is 5.32 Å². The van der Waals surface area contributed by atoms with Gasteiger partial charge in [-0.25, -0.2) is 0 Å². The number of amides is 2. The molecule has 2 aromatic carbocycles. The van der Waals surface area contributed by atoms with Crippen LogP contribution in [0.25, 0.3) is 0 Å². The van der Waals surface area contributed by atoms with E-state index in [2.05, 4.69) is 10.6 Å². The van der Waals surface area contributed by atoms with Crippen LogP contribution in [-0.2, 0) is 9.59 Å². The summed E-state index contributed by atoms with van der Waals surface area (Å²) in [6, 6.07) is 10.3. The number of aryl methyl sites for hydroxylation is 1. The molecule has 0 aliphatic carbocycles. The Kier molecular flexibility index (Phi) is 7.00. The third-order valence-corrected chi connectivity index (χ3v) is 4.46. The molecule has 1 atom stereocenters. The van der Waals surface area contributed by atoms with Gasteiger partial charge in [0, 0.05) is 31.0 Å². The average Bonchev–Trinajstić information content (AvgIpc) is 2.68. The number of carbonyl (C=O) groups excluding carboxylic acids is 2. The van der Waals surface area contributed by atoms with E-state index in [0.29, 0.717) is 17.0 Å². The summed E-state index contributed by atoms with van der Waals surface area (Å²) < 4.78 is 5.29. The van der Waals surface area contributed by atoms with Crippen molar-refractivity contribution in [3.63, 3.8) is 0 Å². The van der Waals surface area contributed by atoms with E-state index >= 15 is 0 Å². The quantitative estimate of drug-likeness (QED) is 0.663. The molecular weight excluding hydrogens is 358 g/mol. The van der Waals surface area contributed by atoms with Gasteiger partial charge in [-0.3, -0.25) is 9.59 Å². The summed E-state index contributed by atoms with van der Waals surface area (Å²) in [7, 11) is 5.35. The Morgan fingerprint density at radius 2 is 1.86 bits per heavy atom. The second-order valence-corrected chi connectivity index (χ2v) is 6.79. The number of carbonyl (C=O) groups is 2. The highest BCUT2D eigenvalue weighted by Gasteiger charge is 2.21. The number of aliphatic hydroxyl groups is 1. The maximum absolute atomic E-state index is 12.4. The first-order valence-corrected chi connectivity index (χ1v) is 8.92. The number of anilines is 2. The van der Waals surface area contributed by atoms with Gasteiger partial charge in [0.1, 0.15) is 5.75 Å². The summed E-state index contributed by atoms with van der Waals surface area (Å²) in [5, 5.41) is 14.9. The molecule has 0 unspecified atom stereocenters. The number of ether oxygens (including phenoxy) is 1. The van der Waals surface area contributed by atoms with E-state index < -0.39 is 17.9 Å². The number of hydrogen-bond donors (Lipinski definition) is 3. The Hall–Kier alpha value is -3.06. The van der Waals surface area contributed by atoms with E-state index in [1.807, 2.05) is 50.2 Å². The Balaban J connectivity index is 2.14. The second kappa shape index (κ2) is 9.23. The lowest BCUT2D eigenvalue weighted by Crippen LogP contribution is -2.39. The molecule has 7 heteroatoms. The highest BCUT2D eigenvalue weighted by Crippen LogP contribution is 2.27. The number of methoxy groups -OCH3 is 1. The van der Waals surface area contributed by atoms with Crippen LogP contribution >= 0.6 is 0 Å². The van der Waals surface area contributed by atoms with Crippen LogP contribution in [0.5, 0.6) is 5.75 Å². The smallest absolute Gasteiger partial charge is 0.313 e. The van der Waals surface area contributed by atoms with Gasteiger partial charge < -0.3 is 25.4 Å². The van der Waals surface area contributed by atoms with Crippen molar-refractivity contribution in [3.05, 3.63) is 53.1 Å². The standard InChI is InChI=1S/C21H27N3O4/c1-13-9-17(14(2)19(10-13)28-5)22-20(26)21(27)23-18(12-25)15-7-6-8-16(11-15)24(3)4/h6-11,18,25H,12H2,1-5H3,(H,22,26)(H,23,27)/t18-/m0/s1. The minimum Gasteiger partial charge on any atom is -0.496 e. The van der Waals surface area contributed by atoms with Crippen LogP contribution in [0.4, 0.5) is 11.4 Å². The zero-order chi connectivity index (χ0) is 20.8. The summed E-state index contributed by atoms with van der Waals surface area (Å²) in [4.78, 5) is 26.7. The van der Waals surface area contributed by atoms with E-state index in [1.165, 1.54) is 0 Å². The predicted molar refractivity (Wildman–Crippen MR) is 110 cm³/mol. The number of nitrogens with one attached hydrogen (secondary N) is 2. The molecule has 0 saturated carbocycles. The van der Waals surface area contributed by atoms with Gasteiger partial charge >= 0.3 is 11.8 Å². The third-order valence-electron chi connectivity index (χ3n) is 4.46. The molecule has 7 nitrogen and oxygen atoms in total. The minimum absolute atomic E-state index is 0.326. The molecule has 0 saturated heterocycles. The van der Waals surface area contributed by atoms with Crippen LogP contribution < -0.4 is 20.3 Å². The summed E-state index contributed by atoms with van der Waals surface area (Å²) in [5.41, 5.74) is 3.77. The van der Waals surface area contributed by atoms with Gasteiger partial charge in [-0.15, -0.1) is 0 Å². The van der Waals surface area contributed by atoms with Crippen molar-refractivity contribution in [2.75, 3.05) is 38.0 Å². The van der Waals surface area contributed by atoms with Crippen LogP contribution in [0.3, 0.4) is 0 Å². The van der Waals surface area contributed by atoms with Crippen molar-refractivity contribution in [3.8, 4) is 5.75 Å². The SMILES string of the molecule is COc1cc(C)cc(NC(=O)C(=O)N[C@@H](CO)c2cccc(N(C)C)c2)c1C. The number of rotatable bonds is 6. The van der Waals surface area contributed by atoms with E-state index in [1.54, 1.807) is 26.2 Å². The van der Waals surface area contributed by atoms with Gasteiger partial charge in [-0.05, 0) is 49.2 Å². The number of benzene rings is 2. The first kappa shape index (κ1) is 21.2. The summed E-state index contributed by atoms with van der Waals surface area (Å²) >= 11 is 0. The Labute approximate surface area is 165 Å². The molecule has 0 aromatic heterocycles. The van der Waals surface area contributed by atoms with Crippen molar-refractivity contribution in [1.29, 1.82) is 0 Å². The minimum atomic E-state index is -0.825. The molecule has 2 amide bonds. The molecule has 28 heavy (non-hydrogen) atoms. The second-order valence-electron chi connectivity index (χ2n) is 6.79. The fraction of sp³-hybridized carbons (Fsp3) is 0.333. The molecule has 0 bridgehead atoms. The molecule has 0 fully saturated rings. The largest absolute Gasteiger partial charge is 0.496 e. The monoisotopic (exact) mass is 385 g/mol. The van der Waals surface area contributed by atoms with Crippen LogP contribution in [0.2, 0.25) is 0 Å². The van der Waals surface area contributed by atoms with Crippen molar-refractivity contribution >= 4 is 23.2 Å². The van der Waals surface area contributed by atoms with Crippen LogP contribution in [0, 0.1) is 13.8 Å². The summed E-state index contributed by atoms with van der Waals surface area (Å²) in [6.45, 7) is 3.35. The molecule has 3 N–H and O–H groups in total. The van der Waals surface area contributed by atoms with Crippen LogP contribution in [0.15, 0.2) is 36.4 Å². The molecule has 2 rings (SSSR count). The van der Waals surface area contributed by atoms with E-state index in [9.17, 15) is 14.7 Å². The lowest BCUT2D eigenvalue weighted by Gasteiger charge is -2.20. The Morgan fingerprint density at radius 3 is 2.46 bits per heavy atom. The topological polar surface area (TPSA) is 90.9 Å². The highest BCUT2D eigenvalue weighted by molar-refractivity contribution is 6.39. The molecule has 150 valence electrons. The van der Waals surface area contributed by atoms with Crippen LogP contribution in [-0.4, -0.2) is 44.7 Å². The fourth-order valence-corrected chi connectivity index (χ4v) is 2.82. The molecular formula is C21H27N3O4. The molecule has 0 heterocycles.